The summed E-state index contributed by atoms with van der Waals surface area (Å²) in [6.45, 7) is 7.74. The summed E-state index contributed by atoms with van der Waals surface area (Å²) in [6, 6.07) is 8.81. The molecule has 1 fully saturated rings. The second kappa shape index (κ2) is 6.41. The minimum absolute atomic E-state index is 0.0195. The van der Waals surface area contributed by atoms with Crippen LogP contribution in [-0.4, -0.2) is 23.3 Å². The Bertz CT molecular complexity index is 1090. The van der Waals surface area contributed by atoms with Gasteiger partial charge in [-0.3, -0.25) is 4.79 Å². The first-order valence-electron chi connectivity index (χ1n) is 8.64. The molecule has 0 aliphatic carbocycles. The van der Waals surface area contributed by atoms with E-state index >= 15 is 0 Å². The molecule has 9 heteroatoms. The topological polar surface area (TPSA) is 151 Å². The maximum atomic E-state index is 12.2. The van der Waals surface area contributed by atoms with Crippen LogP contribution in [0.1, 0.15) is 38.8 Å². The van der Waals surface area contributed by atoms with Gasteiger partial charge in [0.2, 0.25) is 0 Å². The SMILES string of the molecule is CC1(C)OB(c2ccc(N)c(-c3c(C#N)c(N)[nH]c(=O)c3C#N)c2)OC1(C)C. The quantitative estimate of drug-likeness (QED) is 0.526. The van der Waals surface area contributed by atoms with Crippen molar-refractivity contribution in [3.63, 3.8) is 0 Å². The third-order valence-corrected chi connectivity index (χ3v) is 5.34. The molecule has 2 heterocycles. The fraction of sp³-hybridized carbons (Fsp3) is 0.316. The molecule has 0 bridgehead atoms. The Balaban J connectivity index is 2.22. The summed E-state index contributed by atoms with van der Waals surface area (Å²) in [5.41, 5.74) is 11.3. The van der Waals surface area contributed by atoms with Gasteiger partial charge in [-0.2, -0.15) is 10.5 Å². The van der Waals surface area contributed by atoms with Crippen molar-refractivity contribution in [1.82, 2.24) is 4.98 Å². The van der Waals surface area contributed by atoms with Gasteiger partial charge >= 0.3 is 7.12 Å². The van der Waals surface area contributed by atoms with Crippen LogP contribution >= 0.6 is 0 Å². The molecule has 1 aromatic carbocycles. The van der Waals surface area contributed by atoms with Gasteiger partial charge in [0.15, 0.2) is 0 Å². The molecule has 1 aliphatic heterocycles. The van der Waals surface area contributed by atoms with Crippen LogP contribution in [-0.2, 0) is 9.31 Å². The molecular weight excluding hydrogens is 357 g/mol. The number of hydrogen-bond acceptors (Lipinski definition) is 7. The van der Waals surface area contributed by atoms with E-state index in [9.17, 15) is 15.3 Å². The first-order chi connectivity index (χ1) is 13.0. The fourth-order valence-electron chi connectivity index (χ4n) is 3.03. The second-order valence-electron chi connectivity index (χ2n) is 7.65. The molecule has 0 saturated carbocycles. The lowest BCUT2D eigenvalue weighted by Gasteiger charge is -2.32. The van der Waals surface area contributed by atoms with Crippen LogP contribution in [0.4, 0.5) is 11.5 Å². The summed E-state index contributed by atoms with van der Waals surface area (Å²) in [5.74, 6) is -0.123. The number of rotatable bonds is 2. The van der Waals surface area contributed by atoms with Crippen molar-refractivity contribution < 1.29 is 9.31 Å². The van der Waals surface area contributed by atoms with Crippen LogP contribution < -0.4 is 22.5 Å². The van der Waals surface area contributed by atoms with Crippen LogP contribution in [0.25, 0.3) is 11.1 Å². The van der Waals surface area contributed by atoms with Gasteiger partial charge in [-0.15, -0.1) is 0 Å². The predicted octanol–water partition coefficient (Wildman–Crippen LogP) is 1.25. The number of aromatic amines is 1. The third kappa shape index (κ3) is 2.91. The normalized spacial score (nSPS) is 17.1. The molecule has 0 unspecified atom stereocenters. The van der Waals surface area contributed by atoms with Crippen molar-refractivity contribution in [2.24, 2.45) is 0 Å². The summed E-state index contributed by atoms with van der Waals surface area (Å²) in [7, 11) is -0.667. The number of hydrogen-bond donors (Lipinski definition) is 3. The summed E-state index contributed by atoms with van der Waals surface area (Å²) in [6.07, 6.45) is 0. The number of nitriles is 2. The third-order valence-electron chi connectivity index (χ3n) is 5.34. The van der Waals surface area contributed by atoms with Gasteiger partial charge in [0.1, 0.15) is 29.1 Å². The molecule has 3 rings (SSSR count). The van der Waals surface area contributed by atoms with E-state index in [1.54, 1.807) is 18.2 Å². The molecule has 0 radical (unpaired) electrons. The van der Waals surface area contributed by atoms with Crippen molar-refractivity contribution in [3.8, 4) is 23.3 Å². The minimum Gasteiger partial charge on any atom is -0.399 e. The summed E-state index contributed by atoms with van der Waals surface area (Å²) < 4.78 is 12.1. The van der Waals surface area contributed by atoms with Crippen LogP contribution in [0.15, 0.2) is 23.0 Å². The number of benzene rings is 1. The molecule has 0 amide bonds. The molecule has 2 aromatic rings. The molecule has 5 N–H and O–H groups in total. The molecule has 0 spiro atoms. The Morgan fingerprint density at radius 2 is 1.61 bits per heavy atom. The fourth-order valence-corrected chi connectivity index (χ4v) is 3.03. The van der Waals surface area contributed by atoms with Crippen LogP contribution in [0.5, 0.6) is 0 Å². The van der Waals surface area contributed by atoms with Gasteiger partial charge in [-0.25, -0.2) is 0 Å². The van der Waals surface area contributed by atoms with E-state index in [0.717, 1.165) is 0 Å². The number of nitrogens with zero attached hydrogens (tertiary/aromatic N) is 2. The molecule has 8 nitrogen and oxygen atoms in total. The Labute approximate surface area is 162 Å². The number of nitrogen functional groups attached to an aromatic ring is 2. The highest BCUT2D eigenvalue weighted by molar-refractivity contribution is 6.62. The first-order valence-corrected chi connectivity index (χ1v) is 8.64. The lowest BCUT2D eigenvalue weighted by molar-refractivity contribution is 0.00578. The molecule has 1 saturated heterocycles. The maximum Gasteiger partial charge on any atom is 0.494 e. The number of nitrogens with one attached hydrogen (secondary N) is 1. The molecule has 28 heavy (non-hydrogen) atoms. The Morgan fingerprint density at radius 1 is 1.04 bits per heavy atom. The minimum atomic E-state index is -0.686. The van der Waals surface area contributed by atoms with Gasteiger partial charge in [-0.1, -0.05) is 12.1 Å². The van der Waals surface area contributed by atoms with E-state index < -0.39 is 23.9 Å². The monoisotopic (exact) mass is 377 g/mol. The molecular formula is C19H20BN5O3. The van der Waals surface area contributed by atoms with E-state index in [-0.39, 0.29) is 22.5 Å². The lowest BCUT2D eigenvalue weighted by atomic mass is 9.77. The number of nitrogens with two attached hydrogens (primary N) is 2. The Morgan fingerprint density at radius 3 is 2.14 bits per heavy atom. The Hall–Kier alpha value is -3.27. The van der Waals surface area contributed by atoms with E-state index in [0.29, 0.717) is 16.7 Å². The number of aromatic nitrogens is 1. The molecule has 1 aliphatic rings. The van der Waals surface area contributed by atoms with Crippen LogP contribution in [0, 0.1) is 22.7 Å². The average molecular weight is 377 g/mol. The van der Waals surface area contributed by atoms with Crippen molar-refractivity contribution >= 4 is 24.1 Å². The number of anilines is 2. The first kappa shape index (κ1) is 19.5. The highest BCUT2D eigenvalue weighted by Crippen LogP contribution is 2.37. The van der Waals surface area contributed by atoms with Gasteiger partial charge in [0.25, 0.3) is 5.56 Å². The zero-order valence-electron chi connectivity index (χ0n) is 16.1. The summed E-state index contributed by atoms with van der Waals surface area (Å²) in [5, 5.41) is 19.0. The van der Waals surface area contributed by atoms with Crippen molar-refractivity contribution in [2.45, 2.75) is 38.9 Å². The van der Waals surface area contributed by atoms with Gasteiger partial charge in [0.05, 0.1) is 11.2 Å². The van der Waals surface area contributed by atoms with Gasteiger partial charge in [-0.05, 0) is 39.2 Å². The zero-order chi connectivity index (χ0) is 20.9. The van der Waals surface area contributed by atoms with E-state index in [4.69, 9.17) is 20.8 Å². The molecule has 1 aromatic heterocycles. The largest absolute Gasteiger partial charge is 0.494 e. The van der Waals surface area contributed by atoms with Crippen molar-refractivity contribution in [1.29, 1.82) is 10.5 Å². The van der Waals surface area contributed by atoms with Gasteiger partial charge in [0, 0.05) is 16.8 Å². The summed E-state index contributed by atoms with van der Waals surface area (Å²) >= 11 is 0. The highest BCUT2D eigenvalue weighted by atomic mass is 16.7. The zero-order valence-corrected chi connectivity index (χ0v) is 16.1. The van der Waals surface area contributed by atoms with Crippen molar-refractivity contribution in [2.75, 3.05) is 11.5 Å². The molecule has 0 atom stereocenters. The maximum absolute atomic E-state index is 12.2. The van der Waals surface area contributed by atoms with E-state index in [1.165, 1.54) is 0 Å². The summed E-state index contributed by atoms with van der Waals surface area (Å²) in [4.78, 5) is 14.5. The number of H-pyrrole nitrogens is 1. The van der Waals surface area contributed by atoms with Crippen molar-refractivity contribution in [3.05, 3.63) is 39.7 Å². The standard InChI is InChI=1S/C19H20BN5O3/c1-18(2)19(3,4)28-20(27-18)10-5-6-14(23)11(7-10)15-12(8-21)16(24)25-17(26)13(15)9-22/h5-7H,23H2,1-4H3,(H3,24,25,26). The number of pyridine rings is 1. The second-order valence-corrected chi connectivity index (χ2v) is 7.65. The van der Waals surface area contributed by atoms with E-state index in [2.05, 4.69) is 4.98 Å². The average Bonchev–Trinajstić information content (AvgIpc) is 2.82. The van der Waals surface area contributed by atoms with Crippen LogP contribution in [0.2, 0.25) is 0 Å². The smallest absolute Gasteiger partial charge is 0.399 e. The molecule has 142 valence electrons. The van der Waals surface area contributed by atoms with Gasteiger partial charge < -0.3 is 25.8 Å². The lowest BCUT2D eigenvalue weighted by Crippen LogP contribution is -2.41. The predicted molar refractivity (Wildman–Crippen MR) is 106 cm³/mol. The Kier molecular flexibility index (Phi) is 4.47. The highest BCUT2D eigenvalue weighted by Gasteiger charge is 2.51. The van der Waals surface area contributed by atoms with E-state index in [1.807, 2.05) is 39.8 Å². The van der Waals surface area contributed by atoms with Crippen LogP contribution in [0.3, 0.4) is 0 Å².